The van der Waals surface area contributed by atoms with Crippen molar-refractivity contribution < 1.29 is 32.6 Å². The summed E-state index contributed by atoms with van der Waals surface area (Å²) in [5, 5.41) is 9.26. The first-order chi connectivity index (χ1) is 16.5. The second-order valence-corrected chi connectivity index (χ2v) is 8.76. The van der Waals surface area contributed by atoms with Gasteiger partial charge < -0.3 is 25.0 Å². The average molecular weight is 497 g/mol. The van der Waals surface area contributed by atoms with E-state index in [2.05, 4.69) is 4.98 Å². The van der Waals surface area contributed by atoms with Crippen molar-refractivity contribution >= 4 is 11.9 Å². The molecule has 0 saturated carbocycles. The predicted octanol–water partition coefficient (Wildman–Crippen LogP) is 4.24. The number of carbonyl (C=O) groups is 2. The highest BCUT2D eigenvalue weighted by molar-refractivity contribution is 5.98. The fourth-order valence-electron chi connectivity index (χ4n) is 4.34. The Bertz CT molecular complexity index is 1040. The van der Waals surface area contributed by atoms with Crippen LogP contribution in [0, 0.1) is 0 Å². The number of halogens is 3. The summed E-state index contributed by atoms with van der Waals surface area (Å²) in [6.07, 6.45) is 0.468. The number of carboxylic acids is 1. The molecule has 0 aliphatic carbocycles. The van der Waals surface area contributed by atoms with Gasteiger partial charge in [0.2, 0.25) is 0 Å². The number of fused-ring (bicyclic) bond motifs is 1. The highest BCUT2D eigenvalue weighted by atomic mass is 19.4. The van der Waals surface area contributed by atoms with Crippen LogP contribution in [0.1, 0.15) is 83.4 Å². The third kappa shape index (κ3) is 6.21. The van der Waals surface area contributed by atoms with E-state index in [1.165, 1.54) is 18.3 Å². The van der Waals surface area contributed by atoms with Crippen LogP contribution in [-0.4, -0.2) is 50.6 Å². The number of aromatic carboxylic acids is 1. The lowest BCUT2D eigenvalue weighted by Gasteiger charge is -2.24. The van der Waals surface area contributed by atoms with E-state index in [-0.39, 0.29) is 30.2 Å². The Morgan fingerprint density at radius 3 is 2.60 bits per heavy atom. The summed E-state index contributed by atoms with van der Waals surface area (Å²) in [6.45, 7) is 6.05. The summed E-state index contributed by atoms with van der Waals surface area (Å²) in [4.78, 5) is 29.1. The standard InChI is InChI=1S/C14H18N2O4.C10H13F3N2/c1-9-3-2-4-15(9)13(17)11-7-10(14(18)19)12-8-20-6-5-16(11)12;1-2-3-8(14)7-4-5-9(15-6-7)10(11,12)13/h7,9H,2-6,8H2,1H3,(H,18,19);4-6,8H,2-3,14H2,1H3/t9-;8-/m01/s1. The molecule has 2 aromatic rings. The van der Waals surface area contributed by atoms with E-state index in [0.29, 0.717) is 30.1 Å². The number of alkyl halides is 3. The lowest BCUT2D eigenvalue weighted by atomic mass is 10.1. The smallest absolute Gasteiger partial charge is 0.433 e. The molecular formula is C24H31F3N4O4. The Balaban J connectivity index is 0.000000205. The van der Waals surface area contributed by atoms with Gasteiger partial charge >= 0.3 is 12.1 Å². The van der Waals surface area contributed by atoms with E-state index >= 15 is 0 Å². The Hall–Kier alpha value is -2.92. The zero-order valence-corrected chi connectivity index (χ0v) is 19.8. The van der Waals surface area contributed by atoms with Gasteiger partial charge in [-0.25, -0.2) is 4.79 Å². The van der Waals surface area contributed by atoms with Gasteiger partial charge in [-0.1, -0.05) is 19.4 Å². The number of hydrogen-bond donors (Lipinski definition) is 2. The van der Waals surface area contributed by atoms with Gasteiger partial charge in [0.1, 0.15) is 11.4 Å². The van der Waals surface area contributed by atoms with Crippen molar-refractivity contribution in [3.05, 3.63) is 52.6 Å². The predicted molar refractivity (Wildman–Crippen MR) is 122 cm³/mol. The summed E-state index contributed by atoms with van der Waals surface area (Å²) in [6, 6.07) is 3.84. The second kappa shape index (κ2) is 11.2. The van der Waals surface area contributed by atoms with Crippen molar-refractivity contribution in [1.29, 1.82) is 0 Å². The van der Waals surface area contributed by atoms with Crippen LogP contribution in [0.2, 0.25) is 0 Å². The van der Waals surface area contributed by atoms with Crippen LogP contribution >= 0.6 is 0 Å². The number of hydrogen-bond acceptors (Lipinski definition) is 5. The molecule has 0 bridgehead atoms. The SMILES string of the molecule is CCC[C@@H](N)c1ccc(C(F)(F)F)nc1.C[C@H]1CCCN1C(=O)c1cc(C(=O)O)c2n1CCOC2. The topological polar surface area (TPSA) is 111 Å². The summed E-state index contributed by atoms with van der Waals surface area (Å²) < 4.78 is 43.6. The van der Waals surface area contributed by atoms with Gasteiger partial charge in [-0.2, -0.15) is 13.2 Å². The number of carbonyl (C=O) groups excluding carboxylic acids is 1. The molecule has 0 aromatic carbocycles. The fraction of sp³-hybridized carbons (Fsp3) is 0.542. The molecule has 35 heavy (non-hydrogen) atoms. The van der Waals surface area contributed by atoms with Crippen molar-refractivity contribution in [2.45, 2.75) is 70.9 Å². The zero-order chi connectivity index (χ0) is 25.8. The summed E-state index contributed by atoms with van der Waals surface area (Å²) in [5.74, 6) is -1.07. The van der Waals surface area contributed by atoms with Gasteiger partial charge in [-0.15, -0.1) is 0 Å². The van der Waals surface area contributed by atoms with Crippen LogP contribution in [-0.2, 0) is 24.1 Å². The number of ether oxygens (including phenoxy) is 1. The van der Waals surface area contributed by atoms with Gasteiger partial charge in [0.15, 0.2) is 0 Å². The number of pyridine rings is 1. The first-order valence-electron chi connectivity index (χ1n) is 11.7. The molecule has 3 N–H and O–H groups in total. The maximum absolute atomic E-state index is 12.6. The summed E-state index contributed by atoms with van der Waals surface area (Å²) in [7, 11) is 0. The first kappa shape index (κ1) is 26.7. The Morgan fingerprint density at radius 1 is 1.31 bits per heavy atom. The van der Waals surface area contributed by atoms with Crippen LogP contribution in [0.25, 0.3) is 0 Å². The van der Waals surface area contributed by atoms with Crippen LogP contribution in [0.4, 0.5) is 13.2 Å². The van der Waals surface area contributed by atoms with Gasteiger partial charge in [0.05, 0.1) is 24.5 Å². The van der Waals surface area contributed by atoms with Crippen LogP contribution in [0.15, 0.2) is 24.4 Å². The molecule has 2 aliphatic rings. The molecule has 0 unspecified atom stereocenters. The molecule has 2 atom stereocenters. The maximum atomic E-state index is 12.6. The number of nitrogens with zero attached hydrogens (tertiary/aromatic N) is 3. The molecule has 2 aliphatic heterocycles. The number of likely N-dealkylation sites (tertiary alicyclic amines) is 1. The quantitative estimate of drug-likeness (QED) is 0.641. The molecule has 1 saturated heterocycles. The number of amides is 1. The van der Waals surface area contributed by atoms with Crippen molar-refractivity contribution in [2.24, 2.45) is 5.73 Å². The number of nitrogens with two attached hydrogens (primary N) is 1. The molecular weight excluding hydrogens is 465 g/mol. The first-order valence-corrected chi connectivity index (χ1v) is 11.7. The monoisotopic (exact) mass is 496 g/mol. The zero-order valence-electron chi connectivity index (χ0n) is 19.8. The second-order valence-electron chi connectivity index (χ2n) is 8.76. The van der Waals surface area contributed by atoms with Gasteiger partial charge in [0.25, 0.3) is 5.91 Å². The van der Waals surface area contributed by atoms with Crippen LogP contribution in [0.3, 0.4) is 0 Å². The number of rotatable bonds is 5. The molecule has 192 valence electrons. The maximum Gasteiger partial charge on any atom is 0.433 e. The van der Waals surface area contributed by atoms with E-state index in [0.717, 1.165) is 38.3 Å². The molecule has 11 heteroatoms. The minimum absolute atomic E-state index is 0.0642. The normalized spacial score (nSPS) is 18.5. The van der Waals surface area contributed by atoms with Crippen molar-refractivity contribution in [2.75, 3.05) is 13.2 Å². The molecule has 1 amide bonds. The lowest BCUT2D eigenvalue weighted by molar-refractivity contribution is -0.141. The molecule has 1 fully saturated rings. The Kier molecular flexibility index (Phi) is 8.55. The van der Waals surface area contributed by atoms with Crippen molar-refractivity contribution in [1.82, 2.24) is 14.5 Å². The minimum atomic E-state index is -4.38. The van der Waals surface area contributed by atoms with E-state index in [9.17, 15) is 27.9 Å². The van der Waals surface area contributed by atoms with Gasteiger partial charge in [-0.3, -0.25) is 9.78 Å². The largest absolute Gasteiger partial charge is 0.478 e. The fourth-order valence-corrected chi connectivity index (χ4v) is 4.34. The van der Waals surface area contributed by atoms with E-state index in [4.69, 9.17) is 10.5 Å². The Morgan fingerprint density at radius 2 is 2.06 bits per heavy atom. The van der Waals surface area contributed by atoms with E-state index in [1.54, 1.807) is 4.57 Å². The summed E-state index contributed by atoms with van der Waals surface area (Å²) >= 11 is 0. The Labute approximate surface area is 201 Å². The highest BCUT2D eigenvalue weighted by Gasteiger charge is 2.33. The highest BCUT2D eigenvalue weighted by Crippen LogP contribution is 2.28. The molecule has 4 rings (SSSR count). The van der Waals surface area contributed by atoms with E-state index in [1.807, 2.05) is 18.7 Å². The number of aromatic nitrogens is 2. The van der Waals surface area contributed by atoms with Crippen LogP contribution < -0.4 is 5.73 Å². The van der Waals surface area contributed by atoms with Crippen LogP contribution in [0.5, 0.6) is 0 Å². The van der Waals surface area contributed by atoms with Gasteiger partial charge in [0, 0.05) is 31.4 Å². The summed E-state index contributed by atoms with van der Waals surface area (Å²) in [5.41, 5.74) is 6.76. The molecule has 2 aromatic heterocycles. The van der Waals surface area contributed by atoms with Crippen molar-refractivity contribution in [3.63, 3.8) is 0 Å². The molecule has 8 nitrogen and oxygen atoms in total. The lowest BCUT2D eigenvalue weighted by Crippen LogP contribution is -2.35. The van der Waals surface area contributed by atoms with E-state index < -0.39 is 17.8 Å². The third-order valence-corrected chi connectivity index (χ3v) is 6.27. The third-order valence-electron chi connectivity index (χ3n) is 6.27. The van der Waals surface area contributed by atoms with Crippen molar-refractivity contribution in [3.8, 4) is 0 Å². The number of carboxylic acid groups (broad SMARTS) is 1. The average Bonchev–Trinajstić information content (AvgIpc) is 3.43. The molecule has 0 spiro atoms. The minimum Gasteiger partial charge on any atom is -0.478 e. The molecule has 4 heterocycles. The van der Waals surface area contributed by atoms with Gasteiger partial charge in [-0.05, 0) is 43.9 Å². The molecule has 0 radical (unpaired) electrons.